The number of aromatic nitrogens is 2. The molecule has 1 unspecified atom stereocenters. The molecule has 2 N–H and O–H groups in total. The van der Waals surface area contributed by atoms with Gasteiger partial charge in [0.25, 0.3) is 0 Å². The van der Waals surface area contributed by atoms with Gasteiger partial charge in [-0.25, -0.2) is 8.42 Å². The van der Waals surface area contributed by atoms with Gasteiger partial charge < -0.3 is 5.73 Å². The minimum atomic E-state index is -3.19. The Bertz CT molecular complexity index is 494. The first-order chi connectivity index (χ1) is 7.76. The van der Waals surface area contributed by atoms with E-state index in [0.29, 0.717) is 12.2 Å². The largest absolute Gasteiger partial charge is 0.327 e. The smallest absolute Gasteiger partial charge is 0.157 e. The van der Waals surface area contributed by atoms with E-state index in [1.54, 1.807) is 11.6 Å². The molecule has 0 aliphatic heterocycles. The second-order valence-electron chi connectivity index (χ2n) is 4.19. The lowest BCUT2D eigenvalue weighted by Gasteiger charge is -2.09. The van der Waals surface area contributed by atoms with Gasteiger partial charge in [0.2, 0.25) is 0 Å². The van der Waals surface area contributed by atoms with E-state index in [-0.39, 0.29) is 17.5 Å². The summed E-state index contributed by atoms with van der Waals surface area (Å²) >= 11 is 3.38. The molecule has 0 aromatic carbocycles. The van der Waals surface area contributed by atoms with Gasteiger partial charge in [-0.2, -0.15) is 5.10 Å². The maximum Gasteiger partial charge on any atom is 0.157 e. The first-order valence-corrected chi connectivity index (χ1v) is 8.06. The molecule has 0 fully saturated rings. The Hall–Kier alpha value is -0.400. The highest BCUT2D eigenvalue weighted by Crippen LogP contribution is 2.23. The average molecular weight is 324 g/mol. The second-order valence-corrected chi connectivity index (χ2v) is 7.10. The molecule has 0 saturated heterocycles. The van der Waals surface area contributed by atoms with E-state index in [2.05, 4.69) is 21.0 Å². The molecule has 5 nitrogen and oxygen atoms in total. The number of hydrogen-bond donors (Lipinski definition) is 1. The lowest BCUT2D eigenvalue weighted by atomic mass is 10.4. The van der Waals surface area contributed by atoms with Gasteiger partial charge in [-0.05, 0) is 36.7 Å². The molecule has 1 rings (SSSR count). The molecule has 0 radical (unpaired) electrons. The van der Waals surface area contributed by atoms with Gasteiger partial charge in [-0.15, -0.1) is 0 Å². The summed E-state index contributed by atoms with van der Waals surface area (Å²) in [6.07, 6.45) is 0. The monoisotopic (exact) mass is 323 g/mol. The molecule has 0 bridgehead atoms. The van der Waals surface area contributed by atoms with Crippen molar-refractivity contribution in [2.24, 2.45) is 5.73 Å². The Morgan fingerprint density at radius 3 is 2.59 bits per heavy atom. The van der Waals surface area contributed by atoms with Crippen LogP contribution in [0.2, 0.25) is 0 Å². The highest BCUT2D eigenvalue weighted by atomic mass is 79.9. The van der Waals surface area contributed by atoms with Gasteiger partial charge in [0, 0.05) is 12.6 Å². The lowest BCUT2D eigenvalue weighted by Crippen LogP contribution is -2.27. The predicted octanol–water partition coefficient (Wildman–Crippen LogP) is 1.24. The molecule has 7 heteroatoms. The van der Waals surface area contributed by atoms with Crippen molar-refractivity contribution in [2.75, 3.05) is 5.75 Å². The normalized spacial score (nSPS) is 13.9. The fourth-order valence-corrected chi connectivity index (χ4v) is 3.91. The molecule has 17 heavy (non-hydrogen) atoms. The first-order valence-electron chi connectivity index (χ1n) is 5.44. The van der Waals surface area contributed by atoms with Crippen molar-refractivity contribution in [3.8, 4) is 0 Å². The quantitative estimate of drug-likeness (QED) is 0.884. The third-order valence-corrected chi connectivity index (χ3v) is 5.10. The van der Waals surface area contributed by atoms with Crippen LogP contribution in [-0.2, 0) is 22.1 Å². The van der Waals surface area contributed by atoms with Crippen molar-refractivity contribution < 1.29 is 8.42 Å². The summed E-state index contributed by atoms with van der Waals surface area (Å²) in [6.45, 7) is 6.11. The van der Waals surface area contributed by atoms with Crippen LogP contribution in [-0.4, -0.2) is 30.0 Å². The molecular formula is C10H18BrN3O2S. The zero-order valence-electron chi connectivity index (χ0n) is 10.3. The molecule has 1 heterocycles. The summed E-state index contributed by atoms with van der Waals surface area (Å²) in [5, 5.41) is 4.27. The standard InChI is InChI=1S/C10H18BrN3O2S/c1-4-14-9(10(11)8(3)13-14)6-17(15,16)5-7(2)12/h7H,4-6,12H2,1-3H3. The van der Waals surface area contributed by atoms with Crippen LogP contribution in [0, 0.1) is 6.92 Å². The van der Waals surface area contributed by atoms with Crippen LogP contribution in [0.25, 0.3) is 0 Å². The summed E-state index contributed by atoms with van der Waals surface area (Å²) in [6, 6.07) is -0.349. The fraction of sp³-hybridized carbons (Fsp3) is 0.700. The number of sulfone groups is 1. The maximum atomic E-state index is 11.9. The number of halogens is 1. The highest BCUT2D eigenvalue weighted by Gasteiger charge is 2.20. The minimum absolute atomic E-state index is 0.00657. The van der Waals surface area contributed by atoms with E-state index in [9.17, 15) is 8.42 Å². The summed E-state index contributed by atoms with van der Waals surface area (Å²) < 4.78 is 26.3. The highest BCUT2D eigenvalue weighted by molar-refractivity contribution is 9.10. The third-order valence-electron chi connectivity index (χ3n) is 2.33. The Morgan fingerprint density at radius 2 is 2.12 bits per heavy atom. The molecule has 0 saturated carbocycles. The zero-order valence-corrected chi connectivity index (χ0v) is 12.7. The van der Waals surface area contributed by atoms with Crippen molar-refractivity contribution in [3.63, 3.8) is 0 Å². The van der Waals surface area contributed by atoms with Gasteiger partial charge in [-0.3, -0.25) is 4.68 Å². The minimum Gasteiger partial charge on any atom is -0.327 e. The van der Waals surface area contributed by atoms with Gasteiger partial charge >= 0.3 is 0 Å². The number of aryl methyl sites for hydroxylation is 2. The molecule has 1 atom stereocenters. The van der Waals surface area contributed by atoms with Crippen LogP contribution in [0.5, 0.6) is 0 Å². The lowest BCUT2D eigenvalue weighted by molar-refractivity contribution is 0.580. The zero-order chi connectivity index (χ0) is 13.2. The fourth-order valence-electron chi connectivity index (χ4n) is 1.67. The maximum absolute atomic E-state index is 11.9. The van der Waals surface area contributed by atoms with Crippen molar-refractivity contribution in [2.45, 2.75) is 39.1 Å². The molecule has 0 amide bonds. The van der Waals surface area contributed by atoms with E-state index < -0.39 is 9.84 Å². The topological polar surface area (TPSA) is 78.0 Å². The summed E-state index contributed by atoms with van der Waals surface area (Å²) in [7, 11) is -3.19. The van der Waals surface area contributed by atoms with E-state index in [1.807, 2.05) is 13.8 Å². The molecular weight excluding hydrogens is 306 g/mol. The summed E-state index contributed by atoms with van der Waals surface area (Å²) in [5.74, 6) is -0.0306. The number of nitrogens with zero attached hydrogens (tertiary/aromatic N) is 2. The van der Waals surface area contributed by atoms with Crippen LogP contribution < -0.4 is 5.73 Å². The Morgan fingerprint density at radius 1 is 1.53 bits per heavy atom. The van der Waals surface area contributed by atoms with Crippen LogP contribution in [0.4, 0.5) is 0 Å². The third kappa shape index (κ3) is 3.79. The second kappa shape index (κ2) is 5.49. The molecule has 0 spiro atoms. The number of rotatable bonds is 5. The van der Waals surface area contributed by atoms with E-state index in [4.69, 9.17) is 5.73 Å². The van der Waals surface area contributed by atoms with E-state index >= 15 is 0 Å². The Balaban J connectivity index is 3.03. The number of hydrogen-bond acceptors (Lipinski definition) is 4. The molecule has 1 aromatic heterocycles. The Labute approximate surface area is 110 Å². The molecule has 0 aliphatic rings. The SMILES string of the molecule is CCn1nc(C)c(Br)c1CS(=O)(=O)CC(C)N. The van der Waals surface area contributed by atoms with Crippen LogP contribution >= 0.6 is 15.9 Å². The molecule has 1 aromatic rings. The first kappa shape index (κ1) is 14.7. The van der Waals surface area contributed by atoms with Gasteiger partial charge in [0.05, 0.1) is 27.4 Å². The Kier molecular flexibility index (Phi) is 4.74. The number of nitrogens with two attached hydrogens (primary N) is 1. The van der Waals surface area contributed by atoms with Crippen LogP contribution in [0.3, 0.4) is 0 Å². The van der Waals surface area contributed by atoms with Gasteiger partial charge in [0.1, 0.15) is 0 Å². The summed E-state index contributed by atoms with van der Waals surface area (Å²) in [4.78, 5) is 0. The van der Waals surface area contributed by atoms with Crippen molar-refractivity contribution in [3.05, 3.63) is 15.9 Å². The predicted molar refractivity (Wildman–Crippen MR) is 71.5 cm³/mol. The van der Waals surface area contributed by atoms with Crippen molar-refractivity contribution in [1.82, 2.24) is 9.78 Å². The summed E-state index contributed by atoms with van der Waals surface area (Å²) in [5.41, 5.74) is 7.04. The van der Waals surface area contributed by atoms with Gasteiger partial charge in [0.15, 0.2) is 9.84 Å². The van der Waals surface area contributed by atoms with Crippen molar-refractivity contribution >= 4 is 25.8 Å². The molecule has 0 aliphatic carbocycles. The van der Waals surface area contributed by atoms with E-state index in [1.165, 1.54) is 0 Å². The van der Waals surface area contributed by atoms with Crippen LogP contribution in [0.15, 0.2) is 4.47 Å². The van der Waals surface area contributed by atoms with E-state index in [0.717, 1.165) is 10.2 Å². The van der Waals surface area contributed by atoms with Crippen LogP contribution in [0.1, 0.15) is 25.2 Å². The molecule has 98 valence electrons. The van der Waals surface area contributed by atoms with Crippen molar-refractivity contribution in [1.29, 1.82) is 0 Å². The van der Waals surface area contributed by atoms with Gasteiger partial charge in [-0.1, -0.05) is 0 Å². The average Bonchev–Trinajstić information content (AvgIpc) is 2.43.